The van der Waals surface area contributed by atoms with Gasteiger partial charge in [0.05, 0.1) is 24.4 Å². The van der Waals surface area contributed by atoms with Crippen LogP contribution in [0.15, 0.2) is 36.4 Å². The fourth-order valence-corrected chi connectivity index (χ4v) is 1.72. The van der Waals surface area contributed by atoms with Crippen LogP contribution >= 0.6 is 0 Å². The highest BCUT2D eigenvalue weighted by Crippen LogP contribution is 2.24. The molecule has 0 aromatic heterocycles. The third-order valence-electron chi connectivity index (χ3n) is 2.75. The van der Waals surface area contributed by atoms with Crippen molar-refractivity contribution in [3.8, 4) is 17.6 Å². The number of ether oxygens (including phenoxy) is 2. The minimum Gasteiger partial charge on any atom is -0.495 e. The fraction of sp³-hybridized carbons (Fsp3) is 0.133. The SMILES string of the molecule is COc1ccc(COc2ccc(C#N)cc2F)cc1N. The Labute approximate surface area is 116 Å². The average Bonchev–Trinajstić information content (AvgIpc) is 2.46. The molecule has 0 fully saturated rings. The number of nitrogen functional groups attached to an aromatic ring is 1. The van der Waals surface area contributed by atoms with Crippen molar-refractivity contribution in [2.24, 2.45) is 0 Å². The molecule has 0 unspecified atom stereocenters. The van der Waals surface area contributed by atoms with E-state index < -0.39 is 5.82 Å². The summed E-state index contributed by atoms with van der Waals surface area (Å²) in [6.07, 6.45) is 0. The van der Waals surface area contributed by atoms with E-state index in [1.165, 1.54) is 19.2 Å². The molecule has 20 heavy (non-hydrogen) atoms. The van der Waals surface area contributed by atoms with Gasteiger partial charge in [0, 0.05) is 0 Å². The van der Waals surface area contributed by atoms with Crippen molar-refractivity contribution >= 4 is 5.69 Å². The van der Waals surface area contributed by atoms with E-state index in [4.69, 9.17) is 20.5 Å². The Hall–Kier alpha value is -2.74. The number of methoxy groups -OCH3 is 1. The Balaban J connectivity index is 2.09. The lowest BCUT2D eigenvalue weighted by Crippen LogP contribution is -2.00. The van der Waals surface area contributed by atoms with Crippen LogP contribution in [-0.4, -0.2) is 7.11 Å². The molecule has 2 aromatic carbocycles. The van der Waals surface area contributed by atoms with Crippen molar-refractivity contribution in [3.63, 3.8) is 0 Å². The minimum absolute atomic E-state index is 0.0957. The molecule has 0 aliphatic carbocycles. The highest BCUT2D eigenvalue weighted by Gasteiger charge is 2.06. The predicted octanol–water partition coefficient (Wildman–Crippen LogP) is 2.87. The van der Waals surface area contributed by atoms with Gasteiger partial charge in [0.25, 0.3) is 0 Å². The summed E-state index contributed by atoms with van der Waals surface area (Å²) in [5, 5.41) is 8.66. The lowest BCUT2D eigenvalue weighted by molar-refractivity contribution is 0.290. The average molecular weight is 272 g/mol. The summed E-state index contributed by atoms with van der Waals surface area (Å²) in [4.78, 5) is 0. The van der Waals surface area contributed by atoms with Gasteiger partial charge in [0.15, 0.2) is 11.6 Å². The maximum absolute atomic E-state index is 13.6. The second kappa shape index (κ2) is 5.93. The number of anilines is 1. The number of nitrogens with zero attached hydrogens (tertiary/aromatic N) is 1. The van der Waals surface area contributed by atoms with E-state index in [1.54, 1.807) is 18.2 Å². The summed E-state index contributed by atoms with van der Waals surface area (Å²) in [6, 6.07) is 11.2. The first kappa shape index (κ1) is 13.7. The standard InChI is InChI=1S/C15H13FN2O2/c1-19-15-5-3-11(7-13(15)18)9-20-14-4-2-10(8-17)6-12(14)16/h2-7H,9,18H2,1H3. The maximum atomic E-state index is 13.6. The molecule has 102 valence electrons. The number of hydrogen-bond donors (Lipinski definition) is 1. The van der Waals surface area contributed by atoms with Crippen molar-refractivity contribution < 1.29 is 13.9 Å². The number of hydrogen-bond acceptors (Lipinski definition) is 4. The van der Waals surface area contributed by atoms with Crippen LogP contribution in [0, 0.1) is 17.1 Å². The van der Waals surface area contributed by atoms with E-state index in [2.05, 4.69) is 0 Å². The van der Waals surface area contributed by atoms with Crippen LogP contribution in [0.25, 0.3) is 0 Å². The smallest absolute Gasteiger partial charge is 0.166 e. The van der Waals surface area contributed by atoms with Gasteiger partial charge in [-0.2, -0.15) is 5.26 Å². The molecular weight excluding hydrogens is 259 g/mol. The molecule has 0 saturated heterocycles. The molecule has 0 bridgehead atoms. The summed E-state index contributed by atoms with van der Waals surface area (Å²) >= 11 is 0. The van der Waals surface area contributed by atoms with Crippen molar-refractivity contribution in [2.75, 3.05) is 12.8 Å². The first-order chi connectivity index (χ1) is 9.63. The van der Waals surface area contributed by atoms with Crippen LogP contribution in [0.5, 0.6) is 11.5 Å². The topological polar surface area (TPSA) is 68.3 Å². The lowest BCUT2D eigenvalue weighted by Gasteiger charge is -2.09. The van der Waals surface area contributed by atoms with Gasteiger partial charge in [-0.05, 0) is 35.9 Å². The molecule has 5 heteroatoms. The summed E-state index contributed by atoms with van der Waals surface area (Å²) in [5.41, 5.74) is 7.32. The van der Waals surface area contributed by atoms with Gasteiger partial charge in [0.2, 0.25) is 0 Å². The zero-order valence-electron chi connectivity index (χ0n) is 10.9. The molecule has 0 saturated carbocycles. The van der Waals surface area contributed by atoms with E-state index in [1.807, 2.05) is 6.07 Å². The molecule has 0 atom stereocenters. The summed E-state index contributed by atoms with van der Waals surface area (Å²) in [7, 11) is 1.54. The largest absolute Gasteiger partial charge is 0.495 e. The number of nitrogens with two attached hydrogens (primary N) is 1. The number of benzene rings is 2. The molecule has 2 aromatic rings. The van der Waals surface area contributed by atoms with Crippen molar-refractivity contribution in [2.45, 2.75) is 6.61 Å². The maximum Gasteiger partial charge on any atom is 0.166 e. The van der Waals surface area contributed by atoms with Gasteiger partial charge in [0.1, 0.15) is 12.4 Å². The van der Waals surface area contributed by atoms with E-state index >= 15 is 0 Å². The third-order valence-corrected chi connectivity index (χ3v) is 2.75. The van der Waals surface area contributed by atoms with Crippen molar-refractivity contribution in [3.05, 3.63) is 53.3 Å². The molecular formula is C15H13FN2O2. The molecule has 0 amide bonds. The Morgan fingerprint density at radius 2 is 1.95 bits per heavy atom. The van der Waals surface area contributed by atoms with Crippen LogP contribution in [0.3, 0.4) is 0 Å². The summed E-state index contributed by atoms with van der Waals surface area (Å²) in [6.45, 7) is 0.178. The van der Waals surface area contributed by atoms with Crippen LogP contribution in [0.2, 0.25) is 0 Å². The molecule has 2 N–H and O–H groups in total. The molecule has 4 nitrogen and oxygen atoms in total. The van der Waals surface area contributed by atoms with E-state index in [9.17, 15) is 4.39 Å². The first-order valence-corrected chi connectivity index (χ1v) is 5.89. The van der Waals surface area contributed by atoms with Gasteiger partial charge < -0.3 is 15.2 Å². The zero-order chi connectivity index (χ0) is 14.5. The van der Waals surface area contributed by atoms with Crippen molar-refractivity contribution in [1.29, 1.82) is 5.26 Å². The molecule has 0 aliphatic rings. The third kappa shape index (κ3) is 2.98. The van der Waals surface area contributed by atoms with Crippen LogP contribution in [0.4, 0.5) is 10.1 Å². The zero-order valence-corrected chi connectivity index (χ0v) is 10.9. The quantitative estimate of drug-likeness (QED) is 0.869. The monoisotopic (exact) mass is 272 g/mol. The van der Waals surface area contributed by atoms with E-state index in [0.29, 0.717) is 11.4 Å². The second-order valence-electron chi connectivity index (χ2n) is 4.12. The number of rotatable bonds is 4. The van der Waals surface area contributed by atoms with Crippen LogP contribution in [-0.2, 0) is 6.61 Å². The van der Waals surface area contributed by atoms with Gasteiger partial charge in [-0.25, -0.2) is 4.39 Å². The molecule has 0 radical (unpaired) electrons. The van der Waals surface area contributed by atoms with Gasteiger partial charge in [-0.3, -0.25) is 0 Å². The lowest BCUT2D eigenvalue weighted by atomic mass is 10.2. The van der Waals surface area contributed by atoms with Crippen molar-refractivity contribution in [1.82, 2.24) is 0 Å². The Bertz CT molecular complexity index is 665. The fourth-order valence-electron chi connectivity index (χ4n) is 1.72. The normalized spacial score (nSPS) is 9.85. The highest BCUT2D eigenvalue weighted by molar-refractivity contribution is 5.54. The second-order valence-corrected chi connectivity index (χ2v) is 4.12. The van der Waals surface area contributed by atoms with Gasteiger partial charge in [-0.15, -0.1) is 0 Å². The Kier molecular flexibility index (Phi) is 4.06. The minimum atomic E-state index is -0.564. The first-order valence-electron chi connectivity index (χ1n) is 5.89. The Morgan fingerprint density at radius 1 is 1.20 bits per heavy atom. The predicted molar refractivity (Wildman–Crippen MR) is 72.9 cm³/mol. The summed E-state index contributed by atoms with van der Waals surface area (Å²) < 4.78 is 24.0. The number of nitriles is 1. The van der Waals surface area contributed by atoms with E-state index in [0.717, 1.165) is 11.6 Å². The van der Waals surface area contributed by atoms with Gasteiger partial charge in [-0.1, -0.05) is 6.07 Å². The molecule has 0 heterocycles. The highest BCUT2D eigenvalue weighted by atomic mass is 19.1. The van der Waals surface area contributed by atoms with Crippen LogP contribution in [0.1, 0.15) is 11.1 Å². The van der Waals surface area contributed by atoms with E-state index in [-0.39, 0.29) is 17.9 Å². The molecule has 0 aliphatic heterocycles. The number of halogens is 1. The van der Waals surface area contributed by atoms with Gasteiger partial charge >= 0.3 is 0 Å². The Morgan fingerprint density at radius 3 is 2.55 bits per heavy atom. The van der Waals surface area contributed by atoms with Crippen LogP contribution < -0.4 is 15.2 Å². The summed E-state index contributed by atoms with van der Waals surface area (Å²) in [5.74, 6) is 0.113. The molecule has 2 rings (SSSR count). The molecule has 0 spiro atoms.